The van der Waals surface area contributed by atoms with Crippen molar-refractivity contribution in [2.24, 2.45) is 0 Å². The van der Waals surface area contributed by atoms with Crippen LogP contribution in [0.25, 0.3) is 0 Å². The van der Waals surface area contributed by atoms with Crippen LogP contribution in [-0.2, 0) is 0 Å². The summed E-state index contributed by atoms with van der Waals surface area (Å²) in [6, 6.07) is 0.431. The minimum atomic E-state index is 0.0881. The molecule has 0 aliphatic heterocycles. The zero-order valence-electron chi connectivity index (χ0n) is 9.28. The fourth-order valence-corrected chi connectivity index (χ4v) is 3.42. The van der Waals surface area contributed by atoms with Gasteiger partial charge >= 0.3 is 0 Å². The summed E-state index contributed by atoms with van der Waals surface area (Å²) in [5, 5.41) is 0.598. The first-order valence-electron chi connectivity index (χ1n) is 5.64. The Labute approximate surface area is 108 Å². The number of amides is 1. The van der Waals surface area contributed by atoms with E-state index < -0.39 is 0 Å². The van der Waals surface area contributed by atoms with Crippen molar-refractivity contribution in [2.75, 3.05) is 6.54 Å². The van der Waals surface area contributed by atoms with Crippen molar-refractivity contribution in [3.63, 3.8) is 0 Å². The second-order valence-electron chi connectivity index (χ2n) is 4.00. The Balaban J connectivity index is 2.11. The summed E-state index contributed by atoms with van der Waals surface area (Å²) in [5.41, 5.74) is 0. The molecule has 1 aromatic heterocycles. The van der Waals surface area contributed by atoms with Crippen molar-refractivity contribution < 1.29 is 4.79 Å². The fraction of sp³-hybridized carbons (Fsp3) is 0.636. The highest BCUT2D eigenvalue weighted by atomic mass is 79.9. The van der Waals surface area contributed by atoms with E-state index >= 15 is 0 Å². The van der Waals surface area contributed by atoms with Crippen LogP contribution in [0.15, 0.2) is 9.98 Å². The van der Waals surface area contributed by atoms with Crippen molar-refractivity contribution in [3.8, 4) is 0 Å². The fourth-order valence-electron chi connectivity index (χ4n) is 2.26. The maximum Gasteiger partial charge on any atom is 0.283 e. The molecule has 1 amide bonds. The van der Waals surface area contributed by atoms with Gasteiger partial charge in [0.15, 0.2) is 5.01 Å². The lowest BCUT2D eigenvalue weighted by Gasteiger charge is -2.26. The van der Waals surface area contributed by atoms with Crippen molar-refractivity contribution in [3.05, 3.63) is 15.0 Å². The Morgan fingerprint density at radius 2 is 2.31 bits per heavy atom. The van der Waals surface area contributed by atoms with Crippen molar-refractivity contribution in [2.45, 2.75) is 38.6 Å². The van der Waals surface area contributed by atoms with Gasteiger partial charge in [-0.15, -0.1) is 11.3 Å². The topological polar surface area (TPSA) is 33.2 Å². The molecular formula is C11H15BrN2OS. The molecule has 1 aliphatic rings. The monoisotopic (exact) mass is 302 g/mol. The standard InChI is InChI=1S/C11H15BrN2OS/c1-2-14(8-5-3-4-6-8)11(15)10-13-7-9(12)16-10/h7-8H,2-6H2,1H3. The molecular weight excluding hydrogens is 288 g/mol. The van der Waals surface area contributed by atoms with E-state index in [0.29, 0.717) is 11.0 Å². The number of carbonyl (C=O) groups is 1. The number of nitrogens with zero attached hydrogens (tertiary/aromatic N) is 2. The maximum absolute atomic E-state index is 12.2. The Hall–Kier alpha value is -0.420. The van der Waals surface area contributed by atoms with Crippen molar-refractivity contribution in [1.29, 1.82) is 0 Å². The van der Waals surface area contributed by atoms with E-state index in [2.05, 4.69) is 20.9 Å². The lowest BCUT2D eigenvalue weighted by atomic mass is 10.2. The second-order valence-corrected chi connectivity index (χ2v) is 6.41. The van der Waals surface area contributed by atoms with Gasteiger partial charge < -0.3 is 4.90 Å². The van der Waals surface area contributed by atoms with Gasteiger partial charge in [-0.3, -0.25) is 4.79 Å². The molecule has 0 N–H and O–H groups in total. The molecule has 0 bridgehead atoms. The van der Waals surface area contributed by atoms with Gasteiger partial charge in [-0.25, -0.2) is 4.98 Å². The van der Waals surface area contributed by atoms with Gasteiger partial charge in [0.2, 0.25) is 0 Å². The van der Waals surface area contributed by atoms with Crippen LogP contribution in [0.4, 0.5) is 0 Å². The molecule has 0 radical (unpaired) electrons. The number of hydrogen-bond acceptors (Lipinski definition) is 3. The van der Waals surface area contributed by atoms with Crippen LogP contribution in [0.3, 0.4) is 0 Å². The summed E-state index contributed by atoms with van der Waals surface area (Å²) in [7, 11) is 0. The van der Waals surface area contributed by atoms with Crippen LogP contribution >= 0.6 is 27.3 Å². The molecule has 0 atom stereocenters. The summed E-state index contributed by atoms with van der Waals surface area (Å²) in [4.78, 5) is 18.3. The number of aromatic nitrogens is 1. The van der Waals surface area contributed by atoms with E-state index in [0.717, 1.165) is 23.2 Å². The molecule has 3 nitrogen and oxygen atoms in total. The lowest BCUT2D eigenvalue weighted by molar-refractivity contribution is 0.0693. The van der Waals surface area contributed by atoms with E-state index in [1.165, 1.54) is 24.2 Å². The van der Waals surface area contributed by atoms with Gasteiger partial charge in [0.05, 0.1) is 9.98 Å². The first-order chi connectivity index (χ1) is 7.72. The van der Waals surface area contributed by atoms with E-state index in [1.807, 2.05) is 11.8 Å². The Bertz CT molecular complexity index is 374. The first kappa shape index (κ1) is 12.0. The van der Waals surface area contributed by atoms with Crippen LogP contribution in [0.1, 0.15) is 42.4 Å². The van der Waals surface area contributed by atoms with Crippen LogP contribution in [0, 0.1) is 0 Å². The molecule has 5 heteroatoms. The molecule has 0 spiro atoms. The first-order valence-corrected chi connectivity index (χ1v) is 7.25. The van der Waals surface area contributed by atoms with Gasteiger partial charge in [-0.1, -0.05) is 12.8 Å². The summed E-state index contributed by atoms with van der Waals surface area (Å²) in [6.45, 7) is 2.82. The molecule has 1 heterocycles. The largest absolute Gasteiger partial charge is 0.334 e. The summed E-state index contributed by atoms with van der Waals surface area (Å²) in [6.07, 6.45) is 6.48. The highest BCUT2D eigenvalue weighted by Gasteiger charge is 2.27. The van der Waals surface area contributed by atoms with E-state index in [1.54, 1.807) is 6.20 Å². The lowest BCUT2D eigenvalue weighted by Crippen LogP contribution is -2.38. The van der Waals surface area contributed by atoms with Crippen molar-refractivity contribution in [1.82, 2.24) is 9.88 Å². The van der Waals surface area contributed by atoms with Crippen LogP contribution in [0.5, 0.6) is 0 Å². The van der Waals surface area contributed by atoms with Gasteiger partial charge in [0.1, 0.15) is 0 Å². The number of carbonyl (C=O) groups excluding carboxylic acids is 1. The quantitative estimate of drug-likeness (QED) is 0.858. The maximum atomic E-state index is 12.2. The van der Waals surface area contributed by atoms with Crippen molar-refractivity contribution >= 4 is 33.2 Å². The SMILES string of the molecule is CCN(C(=O)c1ncc(Br)s1)C1CCCC1. The van der Waals surface area contributed by atoms with E-state index in [9.17, 15) is 4.79 Å². The summed E-state index contributed by atoms with van der Waals surface area (Å²) in [5.74, 6) is 0.0881. The van der Waals surface area contributed by atoms with Gasteiger partial charge in [0, 0.05) is 12.6 Å². The molecule has 88 valence electrons. The number of rotatable bonds is 3. The van der Waals surface area contributed by atoms with E-state index in [4.69, 9.17) is 0 Å². The Morgan fingerprint density at radius 3 is 2.81 bits per heavy atom. The van der Waals surface area contributed by atoms with Crippen LogP contribution in [0.2, 0.25) is 0 Å². The molecule has 0 saturated heterocycles. The van der Waals surface area contributed by atoms with Crippen LogP contribution in [-0.4, -0.2) is 28.4 Å². The summed E-state index contributed by atoms with van der Waals surface area (Å²) >= 11 is 4.75. The number of hydrogen-bond donors (Lipinski definition) is 0. The van der Waals surface area contributed by atoms with E-state index in [-0.39, 0.29) is 5.91 Å². The van der Waals surface area contributed by atoms with Gasteiger partial charge in [-0.2, -0.15) is 0 Å². The average Bonchev–Trinajstić information content (AvgIpc) is 2.90. The number of thiazole rings is 1. The Morgan fingerprint density at radius 1 is 1.62 bits per heavy atom. The minimum Gasteiger partial charge on any atom is -0.334 e. The Kier molecular flexibility index (Phi) is 3.97. The molecule has 1 saturated carbocycles. The third-order valence-corrected chi connectivity index (χ3v) is 4.49. The smallest absolute Gasteiger partial charge is 0.283 e. The predicted molar refractivity (Wildman–Crippen MR) is 68.8 cm³/mol. The third-order valence-electron chi connectivity index (χ3n) is 3.03. The molecule has 2 rings (SSSR count). The summed E-state index contributed by atoms with van der Waals surface area (Å²) < 4.78 is 0.915. The molecule has 1 aliphatic carbocycles. The molecule has 0 unspecified atom stereocenters. The molecule has 1 aromatic rings. The van der Waals surface area contributed by atoms with Crippen LogP contribution < -0.4 is 0 Å². The van der Waals surface area contributed by atoms with Gasteiger partial charge in [0.25, 0.3) is 5.91 Å². The highest BCUT2D eigenvalue weighted by Crippen LogP contribution is 2.26. The second kappa shape index (κ2) is 5.27. The molecule has 0 aromatic carbocycles. The molecule has 16 heavy (non-hydrogen) atoms. The minimum absolute atomic E-state index is 0.0881. The molecule has 1 fully saturated rings. The highest BCUT2D eigenvalue weighted by molar-refractivity contribution is 9.11. The predicted octanol–water partition coefficient (Wildman–Crippen LogP) is 3.31. The average molecular weight is 303 g/mol. The van der Waals surface area contributed by atoms with Gasteiger partial charge in [-0.05, 0) is 35.7 Å². The number of halogens is 1. The zero-order valence-corrected chi connectivity index (χ0v) is 11.7. The third kappa shape index (κ3) is 2.46. The zero-order chi connectivity index (χ0) is 11.5. The normalized spacial score (nSPS) is 16.6.